The Kier molecular flexibility index (Phi) is 6.07. The molecule has 0 aromatic rings. The van der Waals surface area contributed by atoms with Crippen LogP contribution >= 0.6 is 0 Å². The smallest absolute Gasteiger partial charge is 0.383 e. The number of hydrogen-bond donors (Lipinski definition) is 2. The average Bonchev–Trinajstić information content (AvgIpc) is 2.13. The number of halogens is 3. The number of rotatable bonds is 5. The number of ether oxygens (including phenoxy) is 1. The van der Waals surface area contributed by atoms with Crippen LogP contribution in [0.3, 0.4) is 0 Å². The van der Waals surface area contributed by atoms with Crippen LogP contribution in [0.15, 0.2) is 0 Å². The highest BCUT2D eigenvalue weighted by Crippen LogP contribution is 2.11. The number of hydrogen-bond acceptors (Lipinski definition) is 2. The lowest BCUT2D eigenvalue weighted by Crippen LogP contribution is -2.46. The van der Waals surface area contributed by atoms with E-state index in [9.17, 15) is 18.0 Å². The van der Waals surface area contributed by atoms with Crippen molar-refractivity contribution in [2.75, 3.05) is 20.3 Å². The molecule has 0 aromatic heterocycles. The summed E-state index contributed by atoms with van der Waals surface area (Å²) in [4.78, 5) is 11.0. The molecule has 0 aliphatic carbocycles. The maximum atomic E-state index is 11.7. The molecule has 0 rings (SSSR count). The molecule has 2 amide bonds. The fourth-order valence-electron chi connectivity index (χ4n) is 0.880. The Labute approximate surface area is 86.2 Å². The van der Waals surface area contributed by atoms with Crippen molar-refractivity contribution in [1.29, 1.82) is 0 Å². The summed E-state index contributed by atoms with van der Waals surface area (Å²) >= 11 is 0. The first-order valence-electron chi connectivity index (χ1n) is 4.49. The van der Waals surface area contributed by atoms with Gasteiger partial charge in [0.2, 0.25) is 0 Å². The molecule has 0 fully saturated rings. The number of alkyl halides is 3. The second-order valence-electron chi connectivity index (χ2n) is 3.00. The van der Waals surface area contributed by atoms with Gasteiger partial charge in [0.1, 0.15) is 6.54 Å². The normalized spacial score (nSPS) is 13.4. The van der Waals surface area contributed by atoms with Gasteiger partial charge in [0.05, 0.1) is 12.6 Å². The molecule has 0 saturated carbocycles. The number of methoxy groups -OCH3 is 1. The molecule has 0 heterocycles. The van der Waals surface area contributed by atoms with Gasteiger partial charge in [-0.15, -0.1) is 0 Å². The molecule has 0 aromatic carbocycles. The van der Waals surface area contributed by atoms with Crippen molar-refractivity contribution in [2.24, 2.45) is 0 Å². The monoisotopic (exact) mass is 228 g/mol. The van der Waals surface area contributed by atoms with Gasteiger partial charge in [-0.3, -0.25) is 0 Å². The molecule has 0 bridgehead atoms. The fraction of sp³-hybridized carbons (Fsp3) is 0.875. The molecule has 0 spiro atoms. The van der Waals surface area contributed by atoms with E-state index in [1.54, 1.807) is 12.2 Å². The molecule has 2 N–H and O–H groups in total. The second-order valence-corrected chi connectivity index (χ2v) is 3.00. The zero-order valence-corrected chi connectivity index (χ0v) is 8.65. The lowest BCUT2D eigenvalue weighted by atomic mass is 10.2. The molecule has 4 nitrogen and oxygen atoms in total. The molecule has 0 aliphatic heterocycles. The third kappa shape index (κ3) is 8.04. The van der Waals surface area contributed by atoms with E-state index in [-0.39, 0.29) is 12.6 Å². The van der Waals surface area contributed by atoms with Crippen molar-refractivity contribution >= 4 is 6.03 Å². The van der Waals surface area contributed by atoms with Crippen molar-refractivity contribution in [1.82, 2.24) is 10.6 Å². The summed E-state index contributed by atoms with van der Waals surface area (Å²) in [6.07, 6.45) is -3.80. The largest absolute Gasteiger partial charge is 0.405 e. The molecule has 1 unspecified atom stereocenters. The van der Waals surface area contributed by atoms with Crippen LogP contribution in [0.2, 0.25) is 0 Å². The van der Waals surface area contributed by atoms with Gasteiger partial charge >= 0.3 is 12.2 Å². The number of carbonyl (C=O) groups is 1. The Balaban J connectivity index is 3.81. The average molecular weight is 228 g/mol. The van der Waals surface area contributed by atoms with Gasteiger partial charge in [-0.05, 0) is 6.42 Å². The van der Waals surface area contributed by atoms with E-state index < -0.39 is 18.8 Å². The van der Waals surface area contributed by atoms with Crippen LogP contribution in [0.1, 0.15) is 13.3 Å². The predicted octanol–water partition coefficient (Wildman–Crippen LogP) is 1.27. The van der Waals surface area contributed by atoms with Gasteiger partial charge in [-0.2, -0.15) is 13.2 Å². The highest BCUT2D eigenvalue weighted by Gasteiger charge is 2.27. The Bertz CT molecular complexity index is 197. The van der Waals surface area contributed by atoms with Crippen molar-refractivity contribution in [3.63, 3.8) is 0 Å². The third-order valence-corrected chi connectivity index (χ3v) is 1.65. The summed E-state index contributed by atoms with van der Waals surface area (Å²) in [5.74, 6) is 0. The van der Waals surface area contributed by atoms with Gasteiger partial charge in [-0.1, -0.05) is 6.92 Å². The Morgan fingerprint density at radius 2 is 2.07 bits per heavy atom. The first-order chi connectivity index (χ1) is 6.89. The van der Waals surface area contributed by atoms with E-state index in [2.05, 4.69) is 5.32 Å². The van der Waals surface area contributed by atoms with E-state index in [0.29, 0.717) is 6.42 Å². The van der Waals surface area contributed by atoms with E-state index in [4.69, 9.17) is 4.74 Å². The molecule has 90 valence electrons. The molecule has 0 saturated heterocycles. The van der Waals surface area contributed by atoms with Gasteiger partial charge < -0.3 is 15.4 Å². The van der Waals surface area contributed by atoms with Gasteiger partial charge in [-0.25, -0.2) is 4.79 Å². The van der Waals surface area contributed by atoms with Crippen LogP contribution in [0.5, 0.6) is 0 Å². The zero-order chi connectivity index (χ0) is 11.9. The number of carbonyl (C=O) groups excluding carboxylic acids is 1. The molecular formula is C8H15F3N2O2. The van der Waals surface area contributed by atoms with Crippen molar-refractivity contribution in [3.05, 3.63) is 0 Å². The Hall–Kier alpha value is -0.980. The summed E-state index contributed by atoms with van der Waals surface area (Å²) in [6, 6.07) is -1.11. The van der Waals surface area contributed by atoms with Crippen LogP contribution < -0.4 is 10.6 Å². The van der Waals surface area contributed by atoms with Crippen LogP contribution in [0.25, 0.3) is 0 Å². The molecule has 7 heteroatoms. The minimum absolute atomic E-state index is 0.274. The number of amides is 2. The maximum absolute atomic E-state index is 11.7. The minimum Gasteiger partial charge on any atom is -0.383 e. The van der Waals surface area contributed by atoms with E-state index in [1.165, 1.54) is 7.11 Å². The molecule has 0 radical (unpaired) electrons. The number of urea groups is 1. The quantitative estimate of drug-likeness (QED) is 0.744. The standard InChI is InChI=1S/C8H15F3N2O2/c1-3-6(4-15-2)13-7(14)12-5-8(9,10)11/h6H,3-5H2,1-2H3,(H2,12,13,14). The van der Waals surface area contributed by atoms with Crippen molar-refractivity contribution < 1.29 is 22.7 Å². The lowest BCUT2D eigenvalue weighted by molar-refractivity contribution is -0.122. The van der Waals surface area contributed by atoms with Gasteiger partial charge in [0.25, 0.3) is 0 Å². The summed E-state index contributed by atoms with van der Waals surface area (Å²) < 4.78 is 39.9. The third-order valence-electron chi connectivity index (χ3n) is 1.65. The fourth-order valence-corrected chi connectivity index (χ4v) is 0.880. The summed E-state index contributed by atoms with van der Waals surface area (Å²) in [6.45, 7) is 0.742. The van der Waals surface area contributed by atoms with Gasteiger partial charge in [0, 0.05) is 7.11 Å². The molecule has 0 aliphatic rings. The van der Waals surface area contributed by atoms with Crippen LogP contribution in [0.4, 0.5) is 18.0 Å². The topological polar surface area (TPSA) is 50.4 Å². The van der Waals surface area contributed by atoms with Gasteiger partial charge in [0.15, 0.2) is 0 Å². The summed E-state index contributed by atoms with van der Waals surface area (Å²) in [7, 11) is 1.46. The zero-order valence-electron chi connectivity index (χ0n) is 8.65. The Morgan fingerprint density at radius 1 is 1.47 bits per heavy atom. The highest BCUT2D eigenvalue weighted by atomic mass is 19.4. The second kappa shape index (κ2) is 6.49. The maximum Gasteiger partial charge on any atom is 0.405 e. The predicted molar refractivity (Wildman–Crippen MR) is 48.5 cm³/mol. The Morgan fingerprint density at radius 3 is 2.47 bits per heavy atom. The molecule has 1 atom stereocenters. The molecule has 15 heavy (non-hydrogen) atoms. The van der Waals surface area contributed by atoms with Crippen LogP contribution in [-0.4, -0.2) is 38.5 Å². The van der Waals surface area contributed by atoms with E-state index in [1.807, 2.05) is 0 Å². The lowest BCUT2D eigenvalue weighted by Gasteiger charge is -2.16. The molecular weight excluding hydrogens is 213 g/mol. The van der Waals surface area contributed by atoms with E-state index >= 15 is 0 Å². The summed E-state index contributed by atoms with van der Waals surface area (Å²) in [5.41, 5.74) is 0. The number of nitrogens with one attached hydrogen (secondary N) is 2. The van der Waals surface area contributed by atoms with Crippen molar-refractivity contribution in [3.8, 4) is 0 Å². The highest BCUT2D eigenvalue weighted by molar-refractivity contribution is 5.74. The van der Waals surface area contributed by atoms with Crippen LogP contribution in [-0.2, 0) is 4.74 Å². The first kappa shape index (κ1) is 14.0. The SMILES string of the molecule is CCC(COC)NC(=O)NCC(F)(F)F. The first-order valence-corrected chi connectivity index (χ1v) is 4.49. The van der Waals surface area contributed by atoms with E-state index in [0.717, 1.165) is 0 Å². The van der Waals surface area contributed by atoms with Crippen LogP contribution in [0, 0.1) is 0 Å². The van der Waals surface area contributed by atoms with Crippen molar-refractivity contribution in [2.45, 2.75) is 25.6 Å². The summed E-state index contributed by atoms with van der Waals surface area (Å²) in [5, 5.41) is 4.08. The minimum atomic E-state index is -4.39.